The zero-order valence-corrected chi connectivity index (χ0v) is 13.3. The molecule has 0 saturated carbocycles. The number of nitro benzene ring substituents is 2. The summed E-state index contributed by atoms with van der Waals surface area (Å²) in [5, 5.41) is 26.4. The molecule has 0 amide bonds. The fraction of sp³-hybridized carbons (Fsp3) is 0. The molecule has 0 aliphatic carbocycles. The van der Waals surface area contributed by atoms with Crippen LogP contribution in [0.2, 0.25) is 0 Å². The number of hydrogen-bond donors (Lipinski definition) is 1. The number of hydrogen-bond acceptors (Lipinski definition) is 7. The Hall–Kier alpha value is -2.70. The van der Waals surface area contributed by atoms with Crippen molar-refractivity contribution in [3.63, 3.8) is 0 Å². The van der Waals surface area contributed by atoms with Gasteiger partial charge in [-0.25, -0.2) is 17.8 Å². The first-order chi connectivity index (χ1) is 11.1. The van der Waals surface area contributed by atoms with Gasteiger partial charge in [0, 0.05) is 28.0 Å². The molecule has 0 aliphatic heterocycles. The standard InChI is InChI=1S/C12H9N3O7S2/c13-24(21,22)12-7-10(5-6-11(12)15(18)19)23(20)9-3-1-8(2-4-9)14(16)17/h1-7H,(H2,13,21,22). The average molecular weight is 371 g/mol. The van der Waals surface area contributed by atoms with Crippen LogP contribution < -0.4 is 5.14 Å². The number of primary sulfonamides is 1. The molecule has 0 saturated heterocycles. The third kappa shape index (κ3) is 3.61. The molecule has 2 aromatic carbocycles. The van der Waals surface area contributed by atoms with Crippen molar-refractivity contribution in [1.29, 1.82) is 0 Å². The average Bonchev–Trinajstić information content (AvgIpc) is 2.52. The van der Waals surface area contributed by atoms with E-state index in [1.807, 2.05) is 0 Å². The summed E-state index contributed by atoms with van der Waals surface area (Å²) in [6.07, 6.45) is 0. The number of nitrogens with zero attached hydrogens (tertiary/aromatic N) is 2. The number of non-ortho nitro benzene ring substituents is 1. The van der Waals surface area contributed by atoms with Crippen molar-refractivity contribution in [3.8, 4) is 0 Å². The third-order valence-electron chi connectivity index (χ3n) is 2.91. The molecule has 126 valence electrons. The second kappa shape index (κ2) is 6.43. The van der Waals surface area contributed by atoms with Crippen LogP contribution in [0.15, 0.2) is 57.2 Å². The van der Waals surface area contributed by atoms with Gasteiger partial charge < -0.3 is 0 Å². The van der Waals surface area contributed by atoms with Gasteiger partial charge in [-0.2, -0.15) is 0 Å². The topological polar surface area (TPSA) is 164 Å². The Balaban J connectivity index is 2.50. The number of benzene rings is 2. The van der Waals surface area contributed by atoms with E-state index in [9.17, 15) is 32.9 Å². The number of rotatable bonds is 5. The van der Waals surface area contributed by atoms with Crippen molar-refractivity contribution in [1.82, 2.24) is 0 Å². The first kappa shape index (κ1) is 17.7. The van der Waals surface area contributed by atoms with Gasteiger partial charge in [0.05, 0.1) is 20.6 Å². The lowest BCUT2D eigenvalue weighted by Gasteiger charge is -2.05. The summed E-state index contributed by atoms with van der Waals surface area (Å²) in [5.74, 6) is 0. The van der Waals surface area contributed by atoms with Crippen molar-refractivity contribution in [2.45, 2.75) is 14.7 Å². The highest BCUT2D eigenvalue weighted by atomic mass is 32.2. The molecule has 0 bridgehead atoms. The fourth-order valence-corrected chi connectivity index (χ4v) is 3.69. The maximum Gasteiger partial charge on any atom is 0.289 e. The summed E-state index contributed by atoms with van der Waals surface area (Å²) < 4.78 is 35.4. The molecular weight excluding hydrogens is 362 g/mol. The molecule has 1 unspecified atom stereocenters. The Morgan fingerprint density at radius 1 is 0.917 bits per heavy atom. The summed E-state index contributed by atoms with van der Waals surface area (Å²) in [6, 6.07) is 7.63. The van der Waals surface area contributed by atoms with Crippen molar-refractivity contribution in [2.24, 2.45) is 5.14 Å². The van der Waals surface area contributed by atoms with E-state index in [-0.39, 0.29) is 15.5 Å². The van der Waals surface area contributed by atoms with Crippen LogP contribution in [-0.2, 0) is 20.8 Å². The molecule has 12 heteroatoms. The maximum absolute atomic E-state index is 12.4. The predicted molar refractivity (Wildman–Crippen MR) is 82.2 cm³/mol. The molecular formula is C12H9N3O7S2. The molecule has 0 aliphatic rings. The van der Waals surface area contributed by atoms with E-state index in [1.165, 1.54) is 12.1 Å². The zero-order valence-electron chi connectivity index (χ0n) is 11.7. The first-order valence-electron chi connectivity index (χ1n) is 6.08. The minimum atomic E-state index is -4.40. The minimum Gasteiger partial charge on any atom is -0.258 e. The van der Waals surface area contributed by atoms with E-state index >= 15 is 0 Å². The molecule has 2 aromatic rings. The van der Waals surface area contributed by atoms with Crippen molar-refractivity contribution in [2.75, 3.05) is 0 Å². The van der Waals surface area contributed by atoms with Crippen LogP contribution in [0, 0.1) is 20.2 Å². The van der Waals surface area contributed by atoms with Crippen LogP contribution in [0.5, 0.6) is 0 Å². The number of nitro groups is 2. The van der Waals surface area contributed by atoms with E-state index < -0.39 is 41.3 Å². The van der Waals surface area contributed by atoms with E-state index in [2.05, 4.69) is 0 Å². The summed E-state index contributed by atoms with van der Waals surface area (Å²) >= 11 is 0. The fourth-order valence-electron chi connectivity index (χ4n) is 1.82. The second-order valence-electron chi connectivity index (χ2n) is 4.45. The molecule has 2 N–H and O–H groups in total. The molecule has 1 atom stereocenters. The third-order valence-corrected chi connectivity index (χ3v) is 5.23. The Morgan fingerprint density at radius 3 is 1.92 bits per heavy atom. The van der Waals surface area contributed by atoms with Crippen molar-refractivity contribution >= 4 is 32.2 Å². The van der Waals surface area contributed by atoms with E-state index in [0.29, 0.717) is 0 Å². The van der Waals surface area contributed by atoms with Crippen LogP contribution >= 0.6 is 0 Å². The van der Waals surface area contributed by atoms with Gasteiger partial charge in [0.1, 0.15) is 0 Å². The summed E-state index contributed by atoms with van der Waals surface area (Å²) in [5.41, 5.74) is -0.938. The van der Waals surface area contributed by atoms with Crippen LogP contribution in [0.4, 0.5) is 11.4 Å². The van der Waals surface area contributed by atoms with Gasteiger partial charge in [-0.3, -0.25) is 20.2 Å². The molecule has 0 spiro atoms. The largest absolute Gasteiger partial charge is 0.289 e. The van der Waals surface area contributed by atoms with Crippen LogP contribution in [0.25, 0.3) is 0 Å². The van der Waals surface area contributed by atoms with Gasteiger partial charge in [0.25, 0.3) is 11.4 Å². The zero-order chi connectivity index (χ0) is 18.1. The van der Waals surface area contributed by atoms with Gasteiger partial charge in [-0.05, 0) is 24.3 Å². The Labute approximate surface area is 137 Å². The highest BCUT2D eigenvalue weighted by molar-refractivity contribution is 7.89. The van der Waals surface area contributed by atoms with Crippen molar-refractivity contribution in [3.05, 3.63) is 62.7 Å². The molecule has 0 aromatic heterocycles. The van der Waals surface area contributed by atoms with Crippen LogP contribution in [-0.4, -0.2) is 22.5 Å². The monoisotopic (exact) mass is 371 g/mol. The van der Waals surface area contributed by atoms with Crippen LogP contribution in [0.1, 0.15) is 0 Å². The van der Waals surface area contributed by atoms with Crippen LogP contribution in [0.3, 0.4) is 0 Å². The smallest absolute Gasteiger partial charge is 0.258 e. The summed E-state index contributed by atoms with van der Waals surface area (Å²) in [4.78, 5) is 19.3. The molecule has 0 fully saturated rings. The van der Waals surface area contributed by atoms with E-state index in [0.717, 1.165) is 30.3 Å². The molecule has 2 rings (SSSR count). The summed E-state index contributed by atoms with van der Waals surface area (Å²) in [6.45, 7) is 0. The Bertz CT molecular complexity index is 955. The highest BCUT2D eigenvalue weighted by Gasteiger charge is 2.24. The number of sulfonamides is 1. The van der Waals surface area contributed by atoms with Gasteiger partial charge in [-0.15, -0.1) is 0 Å². The summed E-state index contributed by atoms with van der Waals surface area (Å²) in [7, 11) is -6.30. The second-order valence-corrected chi connectivity index (χ2v) is 7.46. The van der Waals surface area contributed by atoms with Gasteiger partial charge in [0.2, 0.25) is 10.0 Å². The van der Waals surface area contributed by atoms with Gasteiger partial charge in [-0.1, -0.05) is 0 Å². The van der Waals surface area contributed by atoms with E-state index in [1.54, 1.807) is 0 Å². The Morgan fingerprint density at radius 2 is 1.46 bits per heavy atom. The normalized spacial score (nSPS) is 12.5. The lowest BCUT2D eigenvalue weighted by Crippen LogP contribution is -2.14. The lowest BCUT2D eigenvalue weighted by atomic mass is 10.3. The predicted octanol–water partition coefficient (Wildman–Crippen LogP) is 1.32. The van der Waals surface area contributed by atoms with E-state index in [4.69, 9.17) is 5.14 Å². The molecule has 24 heavy (non-hydrogen) atoms. The molecule has 0 radical (unpaired) electrons. The lowest BCUT2D eigenvalue weighted by molar-refractivity contribution is -0.387. The SMILES string of the molecule is NS(=O)(=O)c1cc(S(=O)c2ccc([N+](=O)[O-])cc2)ccc1[N+](=O)[O-]. The molecule has 0 heterocycles. The van der Waals surface area contributed by atoms with Gasteiger partial charge >= 0.3 is 0 Å². The minimum absolute atomic E-state index is 0.0431. The first-order valence-corrected chi connectivity index (χ1v) is 8.78. The Kier molecular flexibility index (Phi) is 4.73. The van der Waals surface area contributed by atoms with Gasteiger partial charge in [0.15, 0.2) is 4.90 Å². The van der Waals surface area contributed by atoms with Crippen molar-refractivity contribution < 1.29 is 22.5 Å². The maximum atomic E-state index is 12.4. The highest BCUT2D eigenvalue weighted by Crippen LogP contribution is 2.27. The number of nitrogens with two attached hydrogens (primary N) is 1. The quantitative estimate of drug-likeness (QED) is 0.611. The molecule has 10 nitrogen and oxygen atoms in total.